The van der Waals surface area contributed by atoms with Crippen molar-refractivity contribution < 1.29 is 9.36 Å². The molecule has 1 aromatic heterocycles. The van der Waals surface area contributed by atoms with Crippen molar-refractivity contribution in [1.82, 2.24) is 19.5 Å². The van der Waals surface area contributed by atoms with Crippen LogP contribution in [0.3, 0.4) is 0 Å². The number of amides is 1. The standard InChI is InChI=1S/C27H35BrClN4O2P/c1-36(2,35)33-9-7-19(8-10-33)15-25(34)31-11-13-32(14-12-31)27-24-6-5-23(29)17-20(24)3-4-21-16-22(28)18-30-26(21)27/h5-6,16-19,27H,3-4,7-15H2,1-2H3/t27-/m1/s1. The SMILES string of the molecule is CP(C)(=O)N1CCC(CC(=O)N2CCN([C@@H]3c4ccc(Cl)cc4CCc4cc(Br)cnc43)CC2)CC1. The fourth-order valence-corrected chi connectivity index (χ4v) is 7.76. The second-order valence-corrected chi connectivity index (χ2v) is 15.3. The fourth-order valence-electron chi connectivity index (χ4n) is 5.99. The minimum absolute atomic E-state index is 0.0724. The number of benzene rings is 1. The molecule has 9 heteroatoms. The van der Waals surface area contributed by atoms with E-state index in [4.69, 9.17) is 16.6 Å². The Bertz CT molecular complexity index is 1120. The number of nitrogens with zero attached hydrogens (tertiary/aromatic N) is 4. The highest BCUT2D eigenvalue weighted by Crippen LogP contribution is 2.44. The molecule has 0 N–H and O–H groups in total. The molecule has 3 heterocycles. The van der Waals surface area contributed by atoms with E-state index in [-0.39, 0.29) is 11.9 Å². The van der Waals surface area contributed by atoms with Crippen molar-refractivity contribution in [1.29, 1.82) is 0 Å². The second-order valence-electron chi connectivity index (χ2n) is 10.8. The molecule has 2 aliphatic heterocycles. The number of pyridine rings is 1. The number of fused-ring (bicyclic) bond motifs is 2. The van der Waals surface area contributed by atoms with Gasteiger partial charge in [-0.05, 0) is 82.4 Å². The first kappa shape index (κ1) is 26.4. The summed E-state index contributed by atoms with van der Waals surface area (Å²) in [6.07, 6.45) is 6.30. The first-order valence-electron chi connectivity index (χ1n) is 12.9. The Kier molecular flexibility index (Phi) is 7.96. The lowest BCUT2D eigenvalue weighted by atomic mass is 9.93. The van der Waals surface area contributed by atoms with E-state index >= 15 is 0 Å². The number of halogens is 2. The third-order valence-electron chi connectivity index (χ3n) is 8.06. The smallest absolute Gasteiger partial charge is 0.222 e. The van der Waals surface area contributed by atoms with Gasteiger partial charge in [-0.1, -0.05) is 17.7 Å². The van der Waals surface area contributed by atoms with Gasteiger partial charge in [-0.3, -0.25) is 19.3 Å². The van der Waals surface area contributed by atoms with Gasteiger partial charge in [0.15, 0.2) is 0 Å². The van der Waals surface area contributed by atoms with Crippen molar-refractivity contribution in [2.45, 2.75) is 38.1 Å². The minimum atomic E-state index is -2.19. The number of piperazine rings is 1. The summed E-state index contributed by atoms with van der Waals surface area (Å²) in [4.78, 5) is 22.6. The van der Waals surface area contributed by atoms with Crippen LogP contribution in [-0.4, -0.2) is 78.0 Å². The van der Waals surface area contributed by atoms with Crippen molar-refractivity contribution in [3.05, 3.63) is 62.3 Å². The predicted octanol–water partition coefficient (Wildman–Crippen LogP) is 5.47. The predicted molar refractivity (Wildman–Crippen MR) is 149 cm³/mol. The van der Waals surface area contributed by atoms with Crippen LogP contribution < -0.4 is 0 Å². The summed E-state index contributed by atoms with van der Waals surface area (Å²) < 4.78 is 15.5. The van der Waals surface area contributed by atoms with Crippen LogP contribution in [0, 0.1) is 5.92 Å². The Labute approximate surface area is 227 Å². The van der Waals surface area contributed by atoms with Gasteiger partial charge in [0.2, 0.25) is 5.91 Å². The maximum Gasteiger partial charge on any atom is 0.222 e. The third-order valence-corrected chi connectivity index (χ3v) is 10.5. The van der Waals surface area contributed by atoms with Gasteiger partial charge in [-0.25, -0.2) is 0 Å². The van der Waals surface area contributed by atoms with Gasteiger partial charge in [-0.2, -0.15) is 0 Å². The summed E-state index contributed by atoms with van der Waals surface area (Å²) >= 11 is 9.96. The first-order chi connectivity index (χ1) is 17.2. The van der Waals surface area contributed by atoms with Crippen LogP contribution in [0.25, 0.3) is 0 Å². The van der Waals surface area contributed by atoms with E-state index in [9.17, 15) is 9.36 Å². The molecule has 0 unspecified atom stereocenters. The zero-order chi connectivity index (χ0) is 25.4. The molecule has 5 rings (SSSR count). The van der Waals surface area contributed by atoms with E-state index in [0.717, 1.165) is 80.1 Å². The Morgan fingerprint density at radius 1 is 1.06 bits per heavy atom. The molecule has 36 heavy (non-hydrogen) atoms. The second kappa shape index (κ2) is 10.9. The van der Waals surface area contributed by atoms with Gasteiger partial charge < -0.3 is 9.46 Å². The zero-order valence-corrected chi connectivity index (χ0v) is 24.4. The lowest BCUT2D eigenvalue weighted by Gasteiger charge is -2.40. The van der Waals surface area contributed by atoms with Gasteiger partial charge in [0.1, 0.15) is 7.29 Å². The van der Waals surface area contributed by atoms with E-state index in [0.29, 0.717) is 12.3 Å². The van der Waals surface area contributed by atoms with Crippen molar-refractivity contribution in [3.8, 4) is 0 Å². The quantitative estimate of drug-likeness (QED) is 0.440. The summed E-state index contributed by atoms with van der Waals surface area (Å²) in [5.41, 5.74) is 4.96. The van der Waals surface area contributed by atoms with E-state index in [1.807, 2.05) is 30.5 Å². The number of hydrogen-bond donors (Lipinski definition) is 0. The van der Waals surface area contributed by atoms with Crippen LogP contribution in [0.2, 0.25) is 5.02 Å². The number of hydrogen-bond acceptors (Lipinski definition) is 4. The van der Waals surface area contributed by atoms with E-state index in [2.05, 4.69) is 43.7 Å². The molecule has 1 aliphatic carbocycles. The van der Waals surface area contributed by atoms with Gasteiger partial charge in [0, 0.05) is 74.7 Å². The van der Waals surface area contributed by atoms with Crippen molar-refractivity contribution in [2.24, 2.45) is 5.92 Å². The summed E-state index contributed by atoms with van der Waals surface area (Å²) in [6, 6.07) is 8.52. The molecule has 3 aliphatic rings. The highest BCUT2D eigenvalue weighted by Gasteiger charge is 2.34. The molecule has 6 nitrogen and oxygen atoms in total. The molecule has 0 bridgehead atoms. The summed E-state index contributed by atoms with van der Waals surface area (Å²) in [6.45, 7) is 8.47. The Hall–Kier alpha value is -1.24. The van der Waals surface area contributed by atoms with Crippen molar-refractivity contribution in [2.75, 3.05) is 52.6 Å². The number of rotatable bonds is 4. The normalized spacial score (nSPS) is 22.1. The molecule has 0 radical (unpaired) electrons. The van der Waals surface area contributed by atoms with Crippen LogP contribution in [0.1, 0.15) is 47.7 Å². The van der Waals surface area contributed by atoms with E-state index in [1.165, 1.54) is 16.7 Å². The molecule has 2 saturated heterocycles. The average molecular weight is 594 g/mol. The molecular weight excluding hydrogens is 559 g/mol. The Morgan fingerprint density at radius 3 is 2.44 bits per heavy atom. The minimum Gasteiger partial charge on any atom is -0.340 e. The van der Waals surface area contributed by atoms with Crippen molar-refractivity contribution in [3.63, 3.8) is 0 Å². The van der Waals surface area contributed by atoms with Crippen LogP contribution >= 0.6 is 34.8 Å². The van der Waals surface area contributed by atoms with Crippen LogP contribution in [0.5, 0.6) is 0 Å². The van der Waals surface area contributed by atoms with Gasteiger partial charge >= 0.3 is 0 Å². The van der Waals surface area contributed by atoms with Crippen LogP contribution in [-0.2, 0) is 22.2 Å². The molecule has 1 amide bonds. The number of carbonyl (C=O) groups excluding carboxylic acids is 1. The maximum atomic E-state index is 13.2. The molecular formula is C27H35BrClN4O2P. The highest BCUT2D eigenvalue weighted by atomic mass is 79.9. The third kappa shape index (κ3) is 5.76. The largest absolute Gasteiger partial charge is 0.340 e. The zero-order valence-electron chi connectivity index (χ0n) is 21.1. The molecule has 2 fully saturated rings. The molecule has 0 spiro atoms. The summed E-state index contributed by atoms with van der Waals surface area (Å²) in [7, 11) is -2.19. The number of carbonyl (C=O) groups is 1. The summed E-state index contributed by atoms with van der Waals surface area (Å²) in [5, 5.41) is 0.773. The average Bonchev–Trinajstić information content (AvgIpc) is 3.00. The number of aryl methyl sites for hydroxylation is 2. The van der Waals surface area contributed by atoms with Gasteiger partial charge in [-0.15, -0.1) is 0 Å². The lowest BCUT2D eigenvalue weighted by molar-refractivity contribution is -0.134. The topological polar surface area (TPSA) is 56.8 Å². The summed E-state index contributed by atoms with van der Waals surface area (Å²) in [5.74, 6) is 0.658. The maximum absolute atomic E-state index is 13.2. The lowest BCUT2D eigenvalue weighted by Crippen LogP contribution is -2.50. The van der Waals surface area contributed by atoms with Crippen LogP contribution in [0.4, 0.5) is 0 Å². The monoisotopic (exact) mass is 592 g/mol. The Morgan fingerprint density at radius 2 is 1.75 bits per heavy atom. The van der Waals surface area contributed by atoms with Gasteiger partial charge in [0.05, 0.1) is 11.7 Å². The molecule has 1 atom stereocenters. The first-order valence-corrected chi connectivity index (χ1v) is 16.7. The fraction of sp³-hybridized carbons (Fsp3) is 0.556. The van der Waals surface area contributed by atoms with Crippen LogP contribution in [0.15, 0.2) is 34.9 Å². The van der Waals surface area contributed by atoms with Crippen molar-refractivity contribution >= 4 is 40.7 Å². The molecule has 1 aromatic carbocycles. The Balaban J connectivity index is 1.26. The molecule has 2 aromatic rings. The van der Waals surface area contributed by atoms with Gasteiger partial charge in [0.25, 0.3) is 0 Å². The number of aromatic nitrogens is 1. The van der Waals surface area contributed by atoms with E-state index in [1.54, 1.807) is 0 Å². The van der Waals surface area contributed by atoms with E-state index < -0.39 is 7.29 Å². The molecule has 0 saturated carbocycles. The number of piperidine rings is 1. The molecule has 194 valence electrons. The highest BCUT2D eigenvalue weighted by molar-refractivity contribution is 9.10.